The van der Waals surface area contributed by atoms with Gasteiger partial charge in [-0.2, -0.15) is 0 Å². The van der Waals surface area contributed by atoms with Crippen molar-refractivity contribution < 1.29 is 15.1 Å². The zero-order chi connectivity index (χ0) is 9.84. The maximum Gasteiger partial charge on any atom is 0.272 e. The van der Waals surface area contributed by atoms with Crippen LogP contribution < -0.4 is 0 Å². The number of nitro benzene ring substituents is 1. The molecule has 0 atom stereocenters. The highest BCUT2D eigenvalue weighted by molar-refractivity contribution is 5.44. The molecular formula is C8H9NO4. The Morgan fingerprint density at radius 2 is 2.15 bits per heavy atom. The van der Waals surface area contributed by atoms with Gasteiger partial charge < -0.3 is 10.2 Å². The van der Waals surface area contributed by atoms with Crippen LogP contribution in [0.3, 0.4) is 0 Å². The fourth-order valence-corrected chi connectivity index (χ4v) is 1.07. The van der Waals surface area contributed by atoms with Gasteiger partial charge in [-0.05, 0) is 12.1 Å². The summed E-state index contributed by atoms with van der Waals surface area (Å²) in [7, 11) is 0. The summed E-state index contributed by atoms with van der Waals surface area (Å²) in [5, 5.41) is 28.1. The van der Waals surface area contributed by atoms with E-state index in [1.807, 2.05) is 0 Å². The molecular weight excluding hydrogens is 174 g/mol. The number of aromatic hydroxyl groups is 1. The smallest absolute Gasteiger partial charge is 0.272 e. The standard InChI is InChI=1S/C8H9NO4/c10-4-3-6-5-7(11)1-2-8(6)9(12)13/h1-2,5,10-11H,3-4H2. The first-order chi connectivity index (χ1) is 6.15. The normalized spacial score (nSPS) is 9.92. The first-order valence-corrected chi connectivity index (χ1v) is 3.72. The number of hydrogen-bond donors (Lipinski definition) is 2. The van der Waals surface area contributed by atoms with Gasteiger partial charge in [0.05, 0.1) is 4.92 Å². The van der Waals surface area contributed by atoms with Crippen LogP contribution in [0.1, 0.15) is 5.56 Å². The maximum atomic E-state index is 10.5. The van der Waals surface area contributed by atoms with Crippen molar-refractivity contribution in [2.45, 2.75) is 6.42 Å². The third-order valence-electron chi connectivity index (χ3n) is 1.64. The summed E-state index contributed by atoms with van der Waals surface area (Å²) in [5.74, 6) is -0.0333. The van der Waals surface area contributed by atoms with E-state index in [2.05, 4.69) is 0 Å². The molecule has 0 bridgehead atoms. The molecule has 0 spiro atoms. The number of nitrogens with zero attached hydrogens (tertiary/aromatic N) is 1. The molecule has 1 rings (SSSR count). The number of phenols is 1. The second-order valence-electron chi connectivity index (χ2n) is 2.54. The van der Waals surface area contributed by atoms with Gasteiger partial charge in [0.2, 0.25) is 0 Å². The van der Waals surface area contributed by atoms with E-state index < -0.39 is 4.92 Å². The number of benzene rings is 1. The molecule has 0 aliphatic carbocycles. The van der Waals surface area contributed by atoms with Crippen LogP contribution in [0.2, 0.25) is 0 Å². The van der Waals surface area contributed by atoms with Gasteiger partial charge >= 0.3 is 0 Å². The lowest BCUT2D eigenvalue weighted by molar-refractivity contribution is -0.385. The van der Waals surface area contributed by atoms with Crippen LogP contribution in [0.5, 0.6) is 5.75 Å². The van der Waals surface area contributed by atoms with Gasteiger partial charge in [-0.15, -0.1) is 0 Å². The molecule has 13 heavy (non-hydrogen) atoms. The van der Waals surface area contributed by atoms with Gasteiger partial charge in [0.15, 0.2) is 0 Å². The molecule has 5 heteroatoms. The second-order valence-corrected chi connectivity index (χ2v) is 2.54. The molecule has 2 N–H and O–H groups in total. The van der Waals surface area contributed by atoms with Gasteiger partial charge in [0.1, 0.15) is 5.75 Å². The van der Waals surface area contributed by atoms with Gasteiger partial charge in [-0.1, -0.05) is 0 Å². The van der Waals surface area contributed by atoms with Crippen LogP contribution in [-0.4, -0.2) is 21.7 Å². The monoisotopic (exact) mass is 183 g/mol. The average molecular weight is 183 g/mol. The van der Waals surface area contributed by atoms with Crippen molar-refractivity contribution in [2.24, 2.45) is 0 Å². The number of nitro groups is 1. The lowest BCUT2D eigenvalue weighted by Crippen LogP contribution is -1.97. The molecule has 0 aliphatic rings. The third-order valence-corrected chi connectivity index (χ3v) is 1.64. The second kappa shape index (κ2) is 3.86. The average Bonchev–Trinajstić information content (AvgIpc) is 2.04. The Morgan fingerprint density at radius 3 is 2.69 bits per heavy atom. The maximum absolute atomic E-state index is 10.5. The van der Waals surface area contributed by atoms with E-state index in [4.69, 9.17) is 10.2 Å². The summed E-state index contributed by atoms with van der Waals surface area (Å²) in [6.45, 7) is -0.176. The molecule has 0 unspecified atom stereocenters. The lowest BCUT2D eigenvalue weighted by Gasteiger charge is -2.00. The van der Waals surface area contributed by atoms with E-state index in [0.717, 1.165) is 0 Å². The number of hydrogen-bond acceptors (Lipinski definition) is 4. The van der Waals surface area contributed by atoms with Crippen molar-refractivity contribution >= 4 is 5.69 Å². The largest absolute Gasteiger partial charge is 0.508 e. The van der Waals surface area contributed by atoms with Crippen molar-refractivity contribution in [3.8, 4) is 5.75 Å². The number of aliphatic hydroxyl groups excluding tert-OH is 1. The van der Waals surface area contributed by atoms with Gasteiger partial charge in [0.25, 0.3) is 5.69 Å². The molecule has 1 aromatic rings. The first-order valence-electron chi connectivity index (χ1n) is 3.72. The van der Waals surface area contributed by atoms with Crippen molar-refractivity contribution in [3.63, 3.8) is 0 Å². The van der Waals surface area contributed by atoms with Crippen molar-refractivity contribution in [1.29, 1.82) is 0 Å². The highest BCUT2D eigenvalue weighted by atomic mass is 16.6. The lowest BCUT2D eigenvalue weighted by atomic mass is 10.1. The van der Waals surface area contributed by atoms with E-state index in [1.54, 1.807) is 0 Å². The highest BCUT2D eigenvalue weighted by Crippen LogP contribution is 2.23. The van der Waals surface area contributed by atoms with Crippen molar-refractivity contribution in [1.82, 2.24) is 0 Å². The number of aliphatic hydroxyl groups is 1. The SMILES string of the molecule is O=[N+]([O-])c1ccc(O)cc1CCO. The van der Waals surface area contributed by atoms with E-state index in [-0.39, 0.29) is 24.5 Å². The Bertz CT molecular complexity index is 324. The molecule has 0 saturated carbocycles. The van der Waals surface area contributed by atoms with E-state index in [9.17, 15) is 10.1 Å². The van der Waals surface area contributed by atoms with Crippen LogP contribution in [0, 0.1) is 10.1 Å². The predicted molar refractivity (Wildman–Crippen MR) is 45.6 cm³/mol. The van der Waals surface area contributed by atoms with Crippen LogP contribution in [-0.2, 0) is 6.42 Å². The molecule has 0 radical (unpaired) electrons. The fraction of sp³-hybridized carbons (Fsp3) is 0.250. The summed E-state index contributed by atoms with van der Waals surface area (Å²) in [5.41, 5.74) is 0.263. The molecule has 70 valence electrons. The van der Waals surface area contributed by atoms with E-state index in [1.165, 1.54) is 18.2 Å². The van der Waals surface area contributed by atoms with Crippen molar-refractivity contribution in [2.75, 3.05) is 6.61 Å². The summed E-state index contributed by atoms with van der Waals surface area (Å²) in [6.07, 6.45) is 0.171. The van der Waals surface area contributed by atoms with E-state index >= 15 is 0 Å². The topological polar surface area (TPSA) is 83.6 Å². The Kier molecular flexibility index (Phi) is 2.81. The minimum Gasteiger partial charge on any atom is -0.508 e. The van der Waals surface area contributed by atoms with Crippen LogP contribution in [0.25, 0.3) is 0 Å². The number of rotatable bonds is 3. The fourth-order valence-electron chi connectivity index (χ4n) is 1.07. The van der Waals surface area contributed by atoms with Crippen LogP contribution in [0.4, 0.5) is 5.69 Å². The van der Waals surface area contributed by atoms with Crippen LogP contribution in [0.15, 0.2) is 18.2 Å². The first kappa shape index (κ1) is 9.47. The molecule has 0 aromatic heterocycles. The Hall–Kier alpha value is -1.62. The summed E-state index contributed by atoms with van der Waals surface area (Å²) >= 11 is 0. The Balaban J connectivity index is 3.10. The van der Waals surface area contributed by atoms with Crippen LogP contribution >= 0.6 is 0 Å². The molecule has 0 amide bonds. The molecule has 0 aliphatic heterocycles. The Morgan fingerprint density at radius 1 is 1.46 bits per heavy atom. The predicted octanol–water partition coefficient (Wildman–Crippen LogP) is 0.835. The minimum absolute atomic E-state index is 0.0333. The van der Waals surface area contributed by atoms with Gasteiger partial charge in [-0.25, -0.2) is 0 Å². The zero-order valence-corrected chi connectivity index (χ0v) is 6.80. The third kappa shape index (κ3) is 2.16. The Labute approximate surface area is 74.4 Å². The van der Waals surface area contributed by atoms with E-state index in [0.29, 0.717) is 5.56 Å². The summed E-state index contributed by atoms with van der Waals surface area (Å²) in [6, 6.07) is 3.76. The minimum atomic E-state index is -0.537. The molecule has 5 nitrogen and oxygen atoms in total. The molecule has 0 saturated heterocycles. The molecule has 1 aromatic carbocycles. The zero-order valence-electron chi connectivity index (χ0n) is 6.80. The molecule has 0 heterocycles. The summed E-state index contributed by atoms with van der Waals surface area (Å²) < 4.78 is 0. The van der Waals surface area contributed by atoms with Crippen molar-refractivity contribution in [3.05, 3.63) is 33.9 Å². The number of phenolic OH excluding ortho intramolecular Hbond substituents is 1. The highest BCUT2D eigenvalue weighted by Gasteiger charge is 2.12. The quantitative estimate of drug-likeness (QED) is 0.537. The summed E-state index contributed by atoms with van der Waals surface area (Å²) in [4.78, 5) is 9.91. The van der Waals surface area contributed by atoms with Gasteiger partial charge in [-0.3, -0.25) is 10.1 Å². The van der Waals surface area contributed by atoms with Gasteiger partial charge in [0, 0.05) is 24.7 Å². The molecule has 0 fully saturated rings.